The maximum Gasteiger partial charge on any atom is 0.414 e. The number of piperazine rings is 1. The van der Waals surface area contributed by atoms with Gasteiger partial charge in [-0.25, -0.2) is 4.79 Å². The highest BCUT2D eigenvalue weighted by Gasteiger charge is 2.34. The summed E-state index contributed by atoms with van der Waals surface area (Å²) in [6, 6.07) is 6.83. The van der Waals surface area contributed by atoms with Crippen LogP contribution in [0.5, 0.6) is 0 Å². The van der Waals surface area contributed by atoms with E-state index in [2.05, 4.69) is 15.0 Å². The number of rotatable bonds is 7. The fraction of sp³-hybridized carbons (Fsp3) is 0.500. The van der Waals surface area contributed by atoms with E-state index in [1.807, 2.05) is 0 Å². The van der Waals surface area contributed by atoms with Gasteiger partial charge in [-0.1, -0.05) is 5.16 Å². The third-order valence-electron chi connectivity index (χ3n) is 5.03. The average Bonchev–Trinajstić information content (AvgIpc) is 3.07. The van der Waals surface area contributed by atoms with Crippen LogP contribution < -0.4 is 10.6 Å². The second-order valence-corrected chi connectivity index (χ2v) is 6.93. The normalized spacial score (nSPS) is 21.7. The molecule has 152 valence electrons. The summed E-state index contributed by atoms with van der Waals surface area (Å²) in [4.78, 5) is 28.9. The molecule has 1 amide bonds. The Kier molecular flexibility index (Phi) is 6.32. The molecule has 2 aliphatic heterocycles. The van der Waals surface area contributed by atoms with E-state index in [0.717, 1.165) is 26.2 Å². The Morgan fingerprint density at radius 1 is 1.18 bits per heavy atom. The number of oxime groups is 1. The topological polar surface area (TPSA) is 132 Å². The molecule has 1 aromatic rings. The number of carboxylic acid groups (broad SMARTS) is 1. The first-order valence-electron chi connectivity index (χ1n) is 9.19. The summed E-state index contributed by atoms with van der Waals surface area (Å²) < 4.78 is 5.50. The molecule has 0 bridgehead atoms. The molecule has 0 radical (unpaired) electrons. The molecule has 0 aliphatic carbocycles. The molecule has 1 atom stereocenters. The zero-order chi connectivity index (χ0) is 20.1. The summed E-state index contributed by atoms with van der Waals surface area (Å²) >= 11 is 0. The van der Waals surface area contributed by atoms with Crippen molar-refractivity contribution in [1.82, 2.24) is 9.80 Å². The zero-order valence-corrected chi connectivity index (χ0v) is 15.5. The van der Waals surface area contributed by atoms with Gasteiger partial charge in [0, 0.05) is 50.5 Å². The number of hydrogen-bond acceptors (Lipinski definition) is 7. The molecule has 0 saturated carbocycles. The van der Waals surface area contributed by atoms with Crippen LogP contribution in [0.3, 0.4) is 0 Å². The Morgan fingerprint density at radius 3 is 2.43 bits per heavy atom. The third kappa shape index (κ3) is 4.90. The number of carboxylic acids is 1. The first kappa shape index (κ1) is 19.9. The van der Waals surface area contributed by atoms with Crippen LogP contribution in [-0.2, 0) is 9.53 Å². The number of ether oxygens (including phenoxy) is 1. The quantitative estimate of drug-likeness (QED) is 0.260. The summed E-state index contributed by atoms with van der Waals surface area (Å²) in [7, 11) is 0. The molecule has 2 saturated heterocycles. The van der Waals surface area contributed by atoms with Crippen LogP contribution in [0.1, 0.15) is 12.0 Å². The van der Waals surface area contributed by atoms with Crippen LogP contribution in [0.25, 0.3) is 0 Å². The standard InChI is InChI=1S/C18H25N5O5/c19-17(20-27)13-1-3-14(4-2-13)23-12-15(28-18(23)26)11-22-9-7-21(8-10-22)6-5-16(24)25/h1-4,15,27H,5-12H2,(H2,19,20)(H,24,25)/t15-/m1/s1. The second-order valence-electron chi connectivity index (χ2n) is 6.93. The fourth-order valence-corrected chi connectivity index (χ4v) is 3.43. The lowest BCUT2D eigenvalue weighted by molar-refractivity contribution is -0.137. The predicted molar refractivity (Wildman–Crippen MR) is 102 cm³/mol. The summed E-state index contributed by atoms with van der Waals surface area (Å²) in [5.74, 6) is -0.768. The Labute approximate surface area is 162 Å². The maximum absolute atomic E-state index is 12.2. The number of nitrogens with zero attached hydrogens (tertiary/aromatic N) is 4. The molecule has 0 aromatic heterocycles. The van der Waals surface area contributed by atoms with Crippen LogP contribution >= 0.6 is 0 Å². The number of amidine groups is 1. The number of hydrogen-bond donors (Lipinski definition) is 3. The van der Waals surface area contributed by atoms with Crippen LogP contribution in [0.15, 0.2) is 29.4 Å². The van der Waals surface area contributed by atoms with Crippen LogP contribution in [0.4, 0.5) is 10.5 Å². The largest absolute Gasteiger partial charge is 0.481 e. The minimum atomic E-state index is -0.778. The van der Waals surface area contributed by atoms with E-state index in [1.165, 1.54) is 0 Å². The van der Waals surface area contributed by atoms with Gasteiger partial charge in [0.2, 0.25) is 0 Å². The molecule has 0 unspecified atom stereocenters. The van der Waals surface area contributed by atoms with E-state index in [1.54, 1.807) is 29.2 Å². The Bertz CT molecular complexity index is 730. The molecular formula is C18H25N5O5. The summed E-state index contributed by atoms with van der Waals surface area (Å²) in [5.41, 5.74) is 6.81. The highest BCUT2D eigenvalue weighted by atomic mass is 16.6. The predicted octanol–water partition coefficient (Wildman–Crippen LogP) is 0.199. The van der Waals surface area contributed by atoms with Crippen molar-refractivity contribution < 1.29 is 24.6 Å². The third-order valence-corrected chi connectivity index (χ3v) is 5.03. The molecular weight excluding hydrogens is 366 g/mol. The van der Waals surface area contributed by atoms with Gasteiger partial charge in [-0.05, 0) is 24.3 Å². The van der Waals surface area contributed by atoms with Gasteiger partial charge >= 0.3 is 12.1 Å². The average molecular weight is 391 g/mol. The molecule has 3 rings (SSSR count). The molecule has 4 N–H and O–H groups in total. The van der Waals surface area contributed by atoms with E-state index in [0.29, 0.717) is 30.9 Å². The number of carbonyl (C=O) groups is 2. The number of benzene rings is 1. The summed E-state index contributed by atoms with van der Waals surface area (Å²) in [5, 5.41) is 20.4. The first-order chi connectivity index (χ1) is 13.5. The van der Waals surface area contributed by atoms with Crippen molar-refractivity contribution in [1.29, 1.82) is 0 Å². The van der Waals surface area contributed by atoms with Crippen molar-refractivity contribution in [2.75, 3.05) is 50.7 Å². The lowest BCUT2D eigenvalue weighted by Gasteiger charge is -2.35. The molecule has 10 nitrogen and oxygen atoms in total. The van der Waals surface area contributed by atoms with Crippen molar-refractivity contribution in [2.45, 2.75) is 12.5 Å². The van der Waals surface area contributed by atoms with Crippen LogP contribution in [0.2, 0.25) is 0 Å². The smallest absolute Gasteiger partial charge is 0.414 e. The summed E-state index contributed by atoms with van der Waals surface area (Å²) in [6.07, 6.45) is -0.451. The minimum Gasteiger partial charge on any atom is -0.481 e. The molecule has 28 heavy (non-hydrogen) atoms. The van der Waals surface area contributed by atoms with E-state index in [9.17, 15) is 9.59 Å². The SMILES string of the molecule is NC(=NO)c1ccc(N2C[C@@H](CN3CCN(CCC(=O)O)CC3)OC2=O)cc1. The van der Waals surface area contributed by atoms with Crippen molar-refractivity contribution in [3.8, 4) is 0 Å². The number of nitrogens with two attached hydrogens (primary N) is 1. The number of carbonyl (C=O) groups excluding carboxylic acids is 1. The van der Waals surface area contributed by atoms with Gasteiger partial charge in [0.15, 0.2) is 5.84 Å². The van der Waals surface area contributed by atoms with Crippen molar-refractivity contribution in [3.63, 3.8) is 0 Å². The Morgan fingerprint density at radius 2 is 1.82 bits per heavy atom. The Hall–Kier alpha value is -2.85. The van der Waals surface area contributed by atoms with E-state index < -0.39 is 5.97 Å². The summed E-state index contributed by atoms with van der Waals surface area (Å²) in [6.45, 7) is 4.94. The van der Waals surface area contributed by atoms with Crippen molar-refractivity contribution >= 4 is 23.6 Å². The van der Waals surface area contributed by atoms with E-state index >= 15 is 0 Å². The van der Waals surface area contributed by atoms with Gasteiger partial charge < -0.3 is 25.7 Å². The number of cyclic esters (lactones) is 1. The lowest BCUT2D eigenvalue weighted by Crippen LogP contribution is -2.49. The van der Waals surface area contributed by atoms with E-state index in [-0.39, 0.29) is 24.5 Å². The number of aliphatic carboxylic acids is 1. The molecule has 2 aliphatic rings. The minimum absolute atomic E-state index is 0.0101. The molecule has 1 aromatic carbocycles. The van der Waals surface area contributed by atoms with Gasteiger partial charge in [0.25, 0.3) is 0 Å². The van der Waals surface area contributed by atoms with Gasteiger partial charge in [0.05, 0.1) is 13.0 Å². The Balaban J connectivity index is 1.49. The fourth-order valence-electron chi connectivity index (χ4n) is 3.43. The lowest BCUT2D eigenvalue weighted by atomic mass is 10.2. The monoisotopic (exact) mass is 391 g/mol. The number of amides is 1. The first-order valence-corrected chi connectivity index (χ1v) is 9.19. The van der Waals surface area contributed by atoms with Gasteiger partial charge in [0.1, 0.15) is 6.10 Å². The molecule has 0 spiro atoms. The molecule has 2 heterocycles. The molecule has 2 fully saturated rings. The highest BCUT2D eigenvalue weighted by Crippen LogP contribution is 2.23. The van der Waals surface area contributed by atoms with Crippen molar-refractivity contribution in [3.05, 3.63) is 29.8 Å². The van der Waals surface area contributed by atoms with Crippen LogP contribution in [0, 0.1) is 0 Å². The second kappa shape index (κ2) is 8.89. The number of anilines is 1. The van der Waals surface area contributed by atoms with Crippen LogP contribution in [-0.4, -0.2) is 89.9 Å². The van der Waals surface area contributed by atoms with Gasteiger partial charge in [-0.2, -0.15) is 0 Å². The van der Waals surface area contributed by atoms with Gasteiger partial charge in [-0.3, -0.25) is 14.6 Å². The molecule has 10 heteroatoms. The maximum atomic E-state index is 12.2. The van der Waals surface area contributed by atoms with Crippen molar-refractivity contribution in [2.24, 2.45) is 10.9 Å². The van der Waals surface area contributed by atoms with Gasteiger partial charge in [-0.15, -0.1) is 0 Å². The van der Waals surface area contributed by atoms with E-state index in [4.69, 9.17) is 20.8 Å². The zero-order valence-electron chi connectivity index (χ0n) is 15.5. The highest BCUT2D eigenvalue weighted by molar-refractivity contribution is 5.98.